The second-order valence-electron chi connectivity index (χ2n) is 6.16. The smallest absolute Gasteiger partial charge is 0.252 e. The summed E-state index contributed by atoms with van der Waals surface area (Å²) in [6.45, 7) is 1.90. The monoisotopic (exact) mass is 342 g/mol. The van der Waals surface area contributed by atoms with Crippen molar-refractivity contribution in [2.24, 2.45) is 0 Å². The van der Waals surface area contributed by atoms with Crippen LogP contribution in [0.4, 0.5) is 0 Å². The first kappa shape index (κ1) is 16.0. The van der Waals surface area contributed by atoms with Crippen LogP contribution in [0.2, 0.25) is 0 Å². The maximum atomic E-state index is 12.9. The van der Waals surface area contributed by atoms with Crippen LogP contribution in [0.25, 0.3) is 11.0 Å². The number of carbonyl (C=O) groups is 1. The Balaban J connectivity index is 1.67. The Kier molecular flexibility index (Phi) is 4.19. The number of benzene rings is 2. The number of nitrogens with one attached hydrogen (secondary N) is 2. The van der Waals surface area contributed by atoms with Gasteiger partial charge in [0.25, 0.3) is 5.91 Å². The van der Waals surface area contributed by atoms with Gasteiger partial charge in [0.1, 0.15) is 5.82 Å². The van der Waals surface area contributed by atoms with E-state index in [4.69, 9.17) is 0 Å². The molecule has 0 spiro atoms. The summed E-state index contributed by atoms with van der Waals surface area (Å²) >= 11 is 0. The van der Waals surface area contributed by atoms with Crippen molar-refractivity contribution in [3.63, 3.8) is 0 Å². The summed E-state index contributed by atoms with van der Waals surface area (Å²) in [5.41, 5.74) is 4.24. The summed E-state index contributed by atoms with van der Waals surface area (Å²) in [7, 11) is 0. The molecule has 2 aromatic carbocycles. The zero-order chi connectivity index (χ0) is 17.9. The number of aromatic nitrogens is 3. The average molecular weight is 342 g/mol. The molecule has 0 radical (unpaired) electrons. The molecule has 0 unspecified atom stereocenters. The largest absolute Gasteiger partial charge is 0.342 e. The van der Waals surface area contributed by atoms with Crippen molar-refractivity contribution in [2.45, 2.75) is 13.0 Å². The molecule has 0 fully saturated rings. The van der Waals surface area contributed by atoms with Gasteiger partial charge in [-0.3, -0.25) is 9.78 Å². The summed E-state index contributed by atoms with van der Waals surface area (Å²) in [5.74, 6) is 0.687. The third-order valence-corrected chi connectivity index (χ3v) is 4.29. The van der Waals surface area contributed by atoms with Crippen molar-refractivity contribution >= 4 is 16.9 Å². The molecule has 2 heterocycles. The van der Waals surface area contributed by atoms with Crippen molar-refractivity contribution in [3.8, 4) is 0 Å². The van der Waals surface area contributed by atoms with Gasteiger partial charge >= 0.3 is 0 Å². The molecule has 2 N–H and O–H groups in total. The van der Waals surface area contributed by atoms with Crippen LogP contribution in [0, 0.1) is 6.92 Å². The minimum Gasteiger partial charge on any atom is -0.342 e. The van der Waals surface area contributed by atoms with Crippen molar-refractivity contribution < 1.29 is 4.79 Å². The molecule has 5 nitrogen and oxygen atoms in total. The molecule has 0 saturated carbocycles. The highest BCUT2D eigenvalue weighted by Crippen LogP contribution is 2.22. The van der Waals surface area contributed by atoms with E-state index in [-0.39, 0.29) is 11.9 Å². The van der Waals surface area contributed by atoms with E-state index in [0.717, 1.165) is 28.0 Å². The highest BCUT2D eigenvalue weighted by Gasteiger charge is 2.18. The maximum absolute atomic E-state index is 12.9. The lowest BCUT2D eigenvalue weighted by molar-refractivity contribution is 0.0943. The predicted molar refractivity (Wildman–Crippen MR) is 101 cm³/mol. The van der Waals surface area contributed by atoms with Gasteiger partial charge in [0.05, 0.1) is 17.1 Å². The lowest BCUT2D eigenvalue weighted by Crippen LogP contribution is -2.29. The molecule has 0 aliphatic heterocycles. The topological polar surface area (TPSA) is 70.7 Å². The summed E-state index contributed by atoms with van der Waals surface area (Å²) in [5, 5.41) is 3.12. The molecule has 128 valence electrons. The van der Waals surface area contributed by atoms with E-state index in [2.05, 4.69) is 20.3 Å². The Labute approximate surface area is 151 Å². The number of pyridine rings is 1. The summed E-state index contributed by atoms with van der Waals surface area (Å²) in [4.78, 5) is 24.6. The molecule has 5 heteroatoms. The fourth-order valence-electron chi connectivity index (χ4n) is 3.04. The lowest BCUT2D eigenvalue weighted by atomic mass is 9.99. The van der Waals surface area contributed by atoms with Gasteiger partial charge in [-0.25, -0.2) is 4.98 Å². The first-order chi connectivity index (χ1) is 12.7. The molecule has 1 amide bonds. The fraction of sp³-hybridized carbons (Fsp3) is 0.0952. The van der Waals surface area contributed by atoms with Crippen LogP contribution in [0.3, 0.4) is 0 Å². The number of rotatable bonds is 4. The molecule has 2 aromatic heterocycles. The number of aromatic amines is 1. The summed E-state index contributed by atoms with van der Waals surface area (Å²) in [6.07, 6.45) is 3.50. The first-order valence-electron chi connectivity index (χ1n) is 8.43. The number of carbonyl (C=O) groups excluding carboxylic acids is 1. The molecule has 0 bridgehead atoms. The third kappa shape index (κ3) is 3.19. The molecule has 0 aliphatic rings. The lowest BCUT2D eigenvalue weighted by Gasteiger charge is -2.19. The van der Waals surface area contributed by atoms with Crippen LogP contribution in [0.1, 0.15) is 33.4 Å². The van der Waals surface area contributed by atoms with E-state index >= 15 is 0 Å². The molecular formula is C21H18N4O. The fourth-order valence-corrected chi connectivity index (χ4v) is 3.04. The second kappa shape index (κ2) is 6.80. The van der Waals surface area contributed by atoms with E-state index < -0.39 is 0 Å². The van der Waals surface area contributed by atoms with Crippen molar-refractivity contribution in [2.75, 3.05) is 0 Å². The zero-order valence-electron chi connectivity index (χ0n) is 14.3. The molecule has 26 heavy (non-hydrogen) atoms. The number of aryl methyl sites for hydroxylation is 1. The number of hydrogen-bond acceptors (Lipinski definition) is 3. The number of amides is 1. The van der Waals surface area contributed by atoms with Gasteiger partial charge in [-0.15, -0.1) is 0 Å². The van der Waals surface area contributed by atoms with Crippen LogP contribution < -0.4 is 5.32 Å². The molecule has 0 aliphatic carbocycles. The Morgan fingerprint density at radius 2 is 1.85 bits per heavy atom. The van der Waals surface area contributed by atoms with E-state index in [1.807, 2.05) is 61.5 Å². The van der Waals surface area contributed by atoms with Gasteiger partial charge in [0.2, 0.25) is 0 Å². The van der Waals surface area contributed by atoms with Crippen LogP contribution in [0.15, 0.2) is 73.1 Å². The van der Waals surface area contributed by atoms with Gasteiger partial charge in [-0.1, -0.05) is 36.4 Å². The maximum Gasteiger partial charge on any atom is 0.252 e. The quantitative estimate of drug-likeness (QED) is 0.593. The molecule has 1 atom stereocenters. The van der Waals surface area contributed by atoms with Gasteiger partial charge in [0, 0.05) is 18.0 Å². The van der Waals surface area contributed by atoms with Gasteiger partial charge in [0.15, 0.2) is 0 Å². The Morgan fingerprint density at radius 1 is 1.04 bits per heavy atom. The number of hydrogen-bond donors (Lipinski definition) is 2. The van der Waals surface area contributed by atoms with Crippen LogP contribution >= 0.6 is 0 Å². The third-order valence-electron chi connectivity index (χ3n) is 4.29. The molecule has 4 rings (SSSR count). The number of H-pyrrole nitrogens is 1. The highest BCUT2D eigenvalue weighted by molar-refractivity contribution is 5.97. The number of fused-ring (bicyclic) bond motifs is 1. The van der Waals surface area contributed by atoms with Crippen molar-refractivity contribution in [1.29, 1.82) is 0 Å². The van der Waals surface area contributed by atoms with E-state index in [1.54, 1.807) is 18.5 Å². The van der Waals surface area contributed by atoms with Crippen molar-refractivity contribution in [3.05, 3.63) is 95.6 Å². The Bertz CT molecular complexity index is 1000. The second-order valence-corrected chi connectivity index (χ2v) is 6.16. The summed E-state index contributed by atoms with van der Waals surface area (Å²) in [6, 6.07) is 18.9. The van der Waals surface area contributed by atoms with Gasteiger partial charge < -0.3 is 10.3 Å². The Hall–Kier alpha value is -3.47. The van der Waals surface area contributed by atoms with Crippen LogP contribution in [0.5, 0.6) is 0 Å². The zero-order valence-corrected chi connectivity index (χ0v) is 14.3. The first-order valence-corrected chi connectivity index (χ1v) is 8.43. The summed E-state index contributed by atoms with van der Waals surface area (Å²) < 4.78 is 0. The Morgan fingerprint density at radius 3 is 2.62 bits per heavy atom. The number of nitrogens with zero attached hydrogens (tertiary/aromatic N) is 2. The van der Waals surface area contributed by atoms with Crippen molar-refractivity contribution in [1.82, 2.24) is 20.3 Å². The highest BCUT2D eigenvalue weighted by atomic mass is 16.1. The average Bonchev–Trinajstić information content (AvgIpc) is 3.06. The normalized spacial score (nSPS) is 12.0. The number of imidazole rings is 1. The standard InChI is InChI=1S/C21H18N4O/c1-14-23-18-10-9-16(12-19(18)24-14)21(26)25-20(15-6-3-2-4-7-15)17-8-5-11-22-13-17/h2-13,20H,1H3,(H,23,24)(H,25,26)/t20-/m1/s1. The molecule has 0 saturated heterocycles. The van der Waals surface area contributed by atoms with Gasteiger partial charge in [-0.05, 0) is 42.3 Å². The molecular weight excluding hydrogens is 324 g/mol. The predicted octanol–water partition coefficient (Wildman–Crippen LogP) is 3.79. The van der Waals surface area contributed by atoms with Crippen LogP contribution in [-0.2, 0) is 0 Å². The SMILES string of the molecule is Cc1nc2ccc(C(=O)N[C@H](c3ccccc3)c3cccnc3)cc2[nH]1. The minimum atomic E-state index is -0.267. The molecule has 4 aromatic rings. The minimum absolute atomic E-state index is 0.142. The van der Waals surface area contributed by atoms with E-state index in [9.17, 15) is 4.79 Å². The van der Waals surface area contributed by atoms with E-state index in [1.165, 1.54) is 0 Å². The van der Waals surface area contributed by atoms with E-state index in [0.29, 0.717) is 5.56 Å². The van der Waals surface area contributed by atoms with Gasteiger partial charge in [-0.2, -0.15) is 0 Å². The van der Waals surface area contributed by atoms with Crippen LogP contribution in [-0.4, -0.2) is 20.9 Å².